The first kappa shape index (κ1) is 15.6. The number of aliphatic imine (C=N–C) groups is 1. The van der Waals surface area contributed by atoms with E-state index in [-0.39, 0.29) is 5.91 Å². The standard InChI is InChI=1S/C16H19N5O/c1-10-8-14(21-11(2)20-10)9-19-16(22)13-6-4-12(5-7-13)15(17)18-3/h4-8H,9H2,1-3H3,(H2,17,18)(H,19,22). The van der Waals surface area contributed by atoms with Gasteiger partial charge in [0.05, 0.1) is 12.2 Å². The number of carbonyl (C=O) groups excluding carboxylic acids is 1. The Morgan fingerprint density at radius 3 is 2.41 bits per heavy atom. The molecular formula is C16H19N5O. The van der Waals surface area contributed by atoms with Gasteiger partial charge in [-0.3, -0.25) is 9.79 Å². The number of rotatable bonds is 4. The minimum Gasteiger partial charge on any atom is -0.384 e. The van der Waals surface area contributed by atoms with Crippen LogP contribution in [-0.4, -0.2) is 28.8 Å². The Balaban J connectivity index is 2.03. The fraction of sp³-hybridized carbons (Fsp3) is 0.250. The molecule has 2 aromatic rings. The van der Waals surface area contributed by atoms with E-state index in [9.17, 15) is 4.79 Å². The van der Waals surface area contributed by atoms with E-state index in [1.165, 1.54) is 0 Å². The van der Waals surface area contributed by atoms with Gasteiger partial charge in [-0.2, -0.15) is 0 Å². The fourth-order valence-corrected chi connectivity index (χ4v) is 2.08. The normalized spacial score (nSPS) is 11.3. The van der Waals surface area contributed by atoms with Gasteiger partial charge in [0.15, 0.2) is 0 Å². The van der Waals surface area contributed by atoms with E-state index in [0.29, 0.717) is 23.8 Å². The molecule has 114 valence electrons. The maximum Gasteiger partial charge on any atom is 0.251 e. The topological polar surface area (TPSA) is 93.3 Å². The molecule has 22 heavy (non-hydrogen) atoms. The zero-order valence-corrected chi connectivity index (χ0v) is 12.9. The first-order chi connectivity index (χ1) is 10.5. The smallest absolute Gasteiger partial charge is 0.251 e. The molecule has 1 heterocycles. The highest BCUT2D eigenvalue weighted by Crippen LogP contribution is 2.05. The number of amides is 1. The summed E-state index contributed by atoms with van der Waals surface area (Å²) in [4.78, 5) is 24.5. The number of aromatic nitrogens is 2. The van der Waals surface area contributed by atoms with E-state index in [0.717, 1.165) is 17.0 Å². The minimum atomic E-state index is -0.160. The average molecular weight is 297 g/mol. The second-order valence-corrected chi connectivity index (χ2v) is 4.92. The lowest BCUT2D eigenvalue weighted by atomic mass is 10.1. The number of nitrogens with one attached hydrogen (secondary N) is 1. The third kappa shape index (κ3) is 3.88. The van der Waals surface area contributed by atoms with Crippen LogP contribution in [-0.2, 0) is 6.54 Å². The van der Waals surface area contributed by atoms with Crippen molar-refractivity contribution in [1.29, 1.82) is 0 Å². The van der Waals surface area contributed by atoms with E-state index < -0.39 is 0 Å². The summed E-state index contributed by atoms with van der Waals surface area (Å²) in [6.45, 7) is 4.10. The summed E-state index contributed by atoms with van der Waals surface area (Å²) in [5.41, 5.74) is 8.75. The van der Waals surface area contributed by atoms with Crippen LogP contribution >= 0.6 is 0 Å². The molecule has 0 saturated heterocycles. The molecule has 1 amide bonds. The predicted octanol–water partition coefficient (Wildman–Crippen LogP) is 1.36. The lowest BCUT2D eigenvalue weighted by molar-refractivity contribution is 0.0950. The summed E-state index contributed by atoms with van der Waals surface area (Å²) in [6, 6.07) is 8.85. The molecule has 0 atom stereocenters. The van der Waals surface area contributed by atoms with E-state index in [2.05, 4.69) is 20.3 Å². The van der Waals surface area contributed by atoms with E-state index in [1.54, 1.807) is 31.3 Å². The van der Waals surface area contributed by atoms with Crippen molar-refractivity contribution in [3.05, 3.63) is 58.7 Å². The molecule has 2 rings (SSSR count). The van der Waals surface area contributed by atoms with Crippen molar-refractivity contribution < 1.29 is 4.79 Å². The van der Waals surface area contributed by atoms with Gasteiger partial charge in [0.25, 0.3) is 5.91 Å². The van der Waals surface area contributed by atoms with Crippen molar-refractivity contribution >= 4 is 11.7 Å². The lowest BCUT2D eigenvalue weighted by Gasteiger charge is -2.07. The molecule has 0 aliphatic rings. The Bertz CT molecular complexity index is 687. The van der Waals surface area contributed by atoms with Gasteiger partial charge in [-0.25, -0.2) is 9.97 Å². The van der Waals surface area contributed by atoms with Crippen molar-refractivity contribution in [3.8, 4) is 0 Å². The molecule has 0 unspecified atom stereocenters. The van der Waals surface area contributed by atoms with Crippen LogP contribution in [0.2, 0.25) is 0 Å². The first-order valence-electron chi connectivity index (χ1n) is 6.91. The van der Waals surface area contributed by atoms with Gasteiger partial charge < -0.3 is 11.1 Å². The van der Waals surface area contributed by atoms with E-state index in [4.69, 9.17) is 5.73 Å². The van der Waals surface area contributed by atoms with Crippen LogP contribution in [0, 0.1) is 13.8 Å². The van der Waals surface area contributed by atoms with Crippen LogP contribution in [0.3, 0.4) is 0 Å². The second-order valence-electron chi connectivity index (χ2n) is 4.92. The Labute approximate surface area is 129 Å². The van der Waals surface area contributed by atoms with Crippen molar-refractivity contribution in [2.75, 3.05) is 7.05 Å². The molecule has 1 aromatic heterocycles. The number of nitrogens with zero attached hydrogens (tertiary/aromatic N) is 3. The molecule has 0 radical (unpaired) electrons. The van der Waals surface area contributed by atoms with Gasteiger partial charge in [-0.15, -0.1) is 0 Å². The number of benzene rings is 1. The van der Waals surface area contributed by atoms with Crippen LogP contribution in [0.4, 0.5) is 0 Å². The molecule has 6 heteroatoms. The van der Waals surface area contributed by atoms with E-state index >= 15 is 0 Å². The van der Waals surface area contributed by atoms with Gasteiger partial charge in [0.2, 0.25) is 0 Å². The average Bonchev–Trinajstić information content (AvgIpc) is 2.51. The first-order valence-corrected chi connectivity index (χ1v) is 6.91. The quantitative estimate of drug-likeness (QED) is 0.658. The van der Waals surface area contributed by atoms with Crippen molar-refractivity contribution in [3.63, 3.8) is 0 Å². The number of aryl methyl sites for hydroxylation is 2. The molecule has 3 N–H and O–H groups in total. The van der Waals surface area contributed by atoms with Crippen molar-refractivity contribution in [2.45, 2.75) is 20.4 Å². The zero-order chi connectivity index (χ0) is 16.1. The minimum absolute atomic E-state index is 0.160. The van der Waals surface area contributed by atoms with Gasteiger partial charge in [-0.05, 0) is 32.0 Å². The molecule has 0 aliphatic carbocycles. The highest BCUT2D eigenvalue weighted by atomic mass is 16.1. The molecular weight excluding hydrogens is 278 g/mol. The maximum atomic E-state index is 12.1. The van der Waals surface area contributed by atoms with E-state index in [1.807, 2.05) is 19.9 Å². The molecule has 6 nitrogen and oxygen atoms in total. The van der Waals surface area contributed by atoms with Crippen LogP contribution in [0.25, 0.3) is 0 Å². The van der Waals surface area contributed by atoms with Crippen LogP contribution in [0.1, 0.15) is 33.1 Å². The molecule has 1 aromatic carbocycles. The van der Waals surface area contributed by atoms with Crippen LogP contribution in [0.15, 0.2) is 35.3 Å². The Morgan fingerprint density at radius 1 is 1.18 bits per heavy atom. The summed E-state index contributed by atoms with van der Waals surface area (Å²) >= 11 is 0. The SMILES string of the molecule is CN=C(N)c1ccc(C(=O)NCc2cc(C)nc(C)n2)cc1. The summed E-state index contributed by atoms with van der Waals surface area (Å²) in [7, 11) is 1.63. The summed E-state index contributed by atoms with van der Waals surface area (Å²) in [5, 5.41) is 2.84. The third-order valence-electron chi connectivity index (χ3n) is 3.13. The highest BCUT2D eigenvalue weighted by molar-refractivity contribution is 5.99. The second kappa shape index (κ2) is 6.80. The molecule has 0 bridgehead atoms. The Kier molecular flexibility index (Phi) is 4.83. The largest absolute Gasteiger partial charge is 0.384 e. The number of hydrogen-bond acceptors (Lipinski definition) is 4. The van der Waals surface area contributed by atoms with Crippen molar-refractivity contribution in [2.24, 2.45) is 10.7 Å². The maximum absolute atomic E-state index is 12.1. The number of carbonyl (C=O) groups is 1. The lowest BCUT2D eigenvalue weighted by Crippen LogP contribution is -2.24. The monoisotopic (exact) mass is 297 g/mol. The molecule has 0 spiro atoms. The fourth-order valence-electron chi connectivity index (χ4n) is 2.08. The van der Waals surface area contributed by atoms with Crippen molar-refractivity contribution in [1.82, 2.24) is 15.3 Å². The highest BCUT2D eigenvalue weighted by Gasteiger charge is 2.07. The summed E-state index contributed by atoms with van der Waals surface area (Å²) in [5.74, 6) is 0.981. The van der Waals surface area contributed by atoms with Crippen LogP contribution < -0.4 is 11.1 Å². The number of amidine groups is 1. The summed E-state index contributed by atoms with van der Waals surface area (Å²) in [6.07, 6.45) is 0. The molecule has 0 fully saturated rings. The Morgan fingerprint density at radius 2 is 1.82 bits per heavy atom. The predicted molar refractivity (Wildman–Crippen MR) is 85.8 cm³/mol. The third-order valence-corrected chi connectivity index (χ3v) is 3.13. The number of hydrogen-bond donors (Lipinski definition) is 2. The van der Waals surface area contributed by atoms with Crippen LogP contribution in [0.5, 0.6) is 0 Å². The molecule has 0 saturated carbocycles. The van der Waals surface area contributed by atoms with Gasteiger partial charge in [-0.1, -0.05) is 12.1 Å². The van der Waals surface area contributed by atoms with Gasteiger partial charge in [0, 0.05) is 23.9 Å². The summed E-state index contributed by atoms with van der Waals surface area (Å²) < 4.78 is 0. The number of nitrogens with two attached hydrogens (primary N) is 1. The Hall–Kier alpha value is -2.76. The van der Waals surface area contributed by atoms with Gasteiger partial charge in [0.1, 0.15) is 11.7 Å². The van der Waals surface area contributed by atoms with Gasteiger partial charge >= 0.3 is 0 Å². The molecule has 0 aliphatic heterocycles. The zero-order valence-electron chi connectivity index (χ0n) is 12.9.